The molecule has 1 aliphatic carbocycles. The van der Waals surface area contributed by atoms with E-state index in [0.29, 0.717) is 0 Å². The summed E-state index contributed by atoms with van der Waals surface area (Å²) >= 11 is 0. The van der Waals surface area contributed by atoms with E-state index in [2.05, 4.69) is 34.9 Å². The fourth-order valence-electron chi connectivity index (χ4n) is 4.81. The summed E-state index contributed by atoms with van der Waals surface area (Å²) in [6, 6.07) is 15.2. The maximum Gasteiger partial charge on any atom is 0.407 e. The van der Waals surface area contributed by atoms with Crippen molar-refractivity contribution in [3.63, 3.8) is 0 Å². The SMILES string of the molecule is CC(CC(=O)O)NC(=O)C(C)(C)C(NC(=O)OCC1c2ccccc2-c2ccccc21)C(C)C. The Labute approximate surface area is 200 Å². The summed E-state index contributed by atoms with van der Waals surface area (Å²) in [6.07, 6.45) is -0.756. The summed E-state index contributed by atoms with van der Waals surface area (Å²) in [5.74, 6) is -1.42. The molecular formula is C27H34N2O5. The summed E-state index contributed by atoms with van der Waals surface area (Å²) < 4.78 is 5.67. The van der Waals surface area contributed by atoms with Crippen molar-refractivity contribution in [2.45, 2.75) is 59.0 Å². The predicted octanol–water partition coefficient (Wildman–Crippen LogP) is 4.56. The predicted molar refractivity (Wildman–Crippen MR) is 130 cm³/mol. The van der Waals surface area contributed by atoms with Gasteiger partial charge in [-0.05, 0) is 48.9 Å². The minimum atomic E-state index is -0.984. The molecular weight excluding hydrogens is 432 g/mol. The van der Waals surface area contributed by atoms with Crippen LogP contribution in [0.5, 0.6) is 0 Å². The lowest BCUT2D eigenvalue weighted by molar-refractivity contribution is -0.138. The summed E-state index contributed by atoms with van der Waals surface area (Å²) in [7, 11) is 0. The number of nitrogens with one attached hydrogen (secondary N) is 2. The Morgan fingerprint density at radius 3 is 1.97 bits per heavy atom. The zero-order valence-electron chi connectivity index (χ0n) is 20.4. The van der Waals surface area contributed by atoms with Crippen LogP contribution < -0.4 is 10.6 Å². The third-order valence-electron chi connectivity index (χ3n) is 6.50. The van der Waals surface area contributed by atoms with Crippen LogP contribution >= 0.6 is 0 Å². The van der Waals surface area contributed by atoms with E-state index in [-0.39, 0.29) is 30.8 Å². The Morgan fingerprint density at radius 2 is 1.47 bits per heavy atom. The number of amides is 2. The first-order chi connectivity index (χ1) is 16.0. The molecule has 0 radical (unpaired) electrons. The molecule has 3 N–H and O–H groups in total. The molecule has 2 aromatic carbocycles. The number of hydrogen-bond acceptors (Lipinski definition) is 4. The van der Waals surface area contributed by atoms with E-state index >= 15 is 0 Å². The zero-order chi connectivity index (χ0) is 25.0. The molecule has 0 heterocycles. The van der Waals surface area contributed by atoms with Gasteiger partial charge >= 0.3 is 12.1 Å². The number of hydrogen-bond donors (Lipinski definition) is 3. The van der Waals surface area contributed by atoms with Gasteiger partial charge in [0.2, 0.25) is 5.91 Å². The molecule has 0 bridgehead atoms. The van der Waals surface area contributed by atoms with Crippen LogP contribution in [0.25, 0.3) is 11.1 Å². The molecule has 7 heteroatoms. The van der Waals surface area contributed by atoms with E-state index in [9.17, 15) is 14.4 Å². The lowest BCUT2D eigenvalue weighted by Crippen LogP contribution is -2.56. The maximum atomic E-state index is 12.9. The van der Waals surface area contributed by atoms with Gasteiger partial charge in [-0.3, -0.25) is 9.59 Å². The Morgan fingerprint density at radius 1 is 0.941 bits per heavy atom. The number of aliphatic carboxylic acids is 1. The molecule has 2 unspecified atom stereocenters. The van der Waals surface area contributed by atoms with Crippen LogP contribution in [0.3, 0.4) is 0 Å². The summed E-state index contributed by atoms with van der Waals surface area (Å²) in [5.41, 5.74) is 3.58. The van der Waals surface area contributed by atoms with Gasteiger partial charge < -0.3 is 20.5 Å². The van der Waals surface area contributed by atoms with E-state index < -0.39 is 29.6 Å². The van der Waals surface area contributed by atoms with Crippen LogP contribution in [-0.2, 0) is 14.3 Å². The Hall–Kier alpha value is -3.35. The van der Waals surface area contributed by atoms with Crippen molar-refractivity contribution in [2.24, 2.45) is 11.3 Å². The van der Waals surface area contributed by atoms with Gasteiger partial charge in [0.25, 0.3) is 0 Å². The number of fused-ring (bicyclic) bond motifs is 3. The molecule has 182 valence electrons. The molecule has 34 heavy (non-hydrogen) atoms. The van der Waals surface area contributed by atoms with Crippen molar-refractivity contribution >= 4 is 18.0 Å². The average molecular weight is 467 g/mol. The standard InChI is InChI=1S/C27H34N2O5/c1-16(2)24(27(4,5)25(32)28-17(3)14-23(30)31)29-26(33)34-15-22-20-12-8-6-10-18(20)19-11-7-9-13-21(19)22/h6-13,16-17,22,24H,14-15H2,1-5H3,(H,28,32)(H,29,33)(H,30,31). The molecule has 0 aromatic heterocycles. The number of benzene rings is 2. The first-order valence-corrected chi connectivity index (χ1v) is 11.7. The van der Waals surface area contributed by atoms with Crippen molar-refractivity contribution in [2.75, 3.05) is 6.61 Å². The van der Waals surface area contributed by atoms with E-state index in [4.69, 9.17) is 9.84 Å². The number of alkyl carbamates (subject to hydrolysis) is 1. The third-order valence-corrected chi connectivity index (χ3v) is 6.50. The fourth-order valence-corrected chi connectivity index (χ4v) is 4.81. The molecule has 7 nitrogen and oxygen atoms in total. The van der Waals surface area contributed by atoms with Gasteiger partial charge in [0.15, 0.2) is 0 Å². The van der Waals surface area contributed by atoms with Crippen LogP contribution in [0.15, 0.2) is 48.5 Å². The van der Waals surface area contributed by atoms with Crippen molar-refractivity contribution in [3.8, 4) is 11.1 Å². The number of carbonyl (C=O) groups excluding carboxylic acids is 2. The highest BCUT2D eigenvalue weighted by molar-refractivity contribution is 5.84. The molecule has 2 atom stereocenters. The van der Waals surface area contributed by atoms with Crippen molar-refractivity contribution in [1.82, 2.24) is 10.6 Å². The Bertz CT molecular complexity index is 1020. The molecule has 0 saturated heterocycles. The minimum absolute atomic E-state index is 0.0520. The maximum absolute atomic E-state index is 12.9. The Balaban J connectivity index is 1.68. The number of ether oxygens (including phenoxy) is 1. The second-order valence-corrected chi connectivity index (χ2v) is 9.89. The van der Waals surface area contributed by atoms with Crippen molar-refractivity contribution in [3.05, 3.63) is 59.7 Å². The van der Waals surface area contributed by atoms with Crippen LogP contribution in [0, 0.1) is 11.3 Å². The number of carboxylic acid groups (broad SMARTS) is 1. The number of rotatable bonds is 9. The topological polar surface area (TPSA) is 105 Å². The van der Waals surface area contributed by atoms with E-state index in [1.807, 2.05) is 38.1 Å². The van der Waals surface area contributed by atoms with E-state index in [1.54, 1.807) is 20.8 Å². The summed E-state index contributed by atoms with van der Waals surface area (Å²) in [4.78, 5) is 36.7. The largest absolute Gasteiger partial charge is 0.481 e. The van der Waals surface area contributed by atoms with E-state index in [1.165, 1.54) is 0 Å². The van der Waals surface area contributed by atoms with Gasteiger partial charge in [0.1, 0.15) is 6.61 Å². The third kappa shape index (κ3) is 5.41. The fraction of sp³-hybridized carbons (Fsp3) is 0.444. The monoisotopic (exact) mass is 466 g/mol. The second-order valence-electron chi connectivity index (χ2n) is 9.89. The normalized spacial score (nSPS) is 14.6. The highest BCUT2D eigenvalue weighted by Crippen LogP contribution is 2.44. The number of carboxylic acids is 1. The molecule has 2 amide bonds. The van der Waals surface area contributed by atoms with Crippen LogP contribution in [0.2, 0.25) is 0 Å². The first-order valence-electron chi connectivity index (χ1n) is 11.7. The lowest BCUT2D eigenvalue weighted by Gasteiger charge is -2.36. The van der Waals surface area contributed by atoms with Gasteiger partial charge in [-0.2, -0.15) is 0 Å². The summed E-state index contributed by atoms with van der Waals surface area (Å²) in [5, 5.41) is 14.6. The van der Waals surface area contributed by atoms with Crippen LogP contribution in [0.1, 0.15) is 58.1 Å². The highest BCUT2D eigenvalue weighted by atomic mass is 16.5. The van der Waals surface area contributed by atoms with E-state index in [0.717, 1.165) is 22.3 Å². The smallest absolute Gasteiger partial charge is 0.407 e. The molecule has 1 aliphatic rings. The van der Waals surface area contributed by atoms with Crippen LogP contribution in [0.4, 0.5) is 4.79 Å². The minimum Gasteiger partial charge on any atom is -0.481 e. The van der Waals surface area contributed by atoms with Gasteiger partial charge in [0.05, 0.1) is 11.8 Å². The first kappa shape index (κ1) is 25.3. The highest BCUT2D eigenvalue weighted by Gasteiger charge is 2.40. The second kappa shape index (κ2) is 10.3. The zero-order valence-corrected chi connectivity index (χ0v) is 20.4. The van der Waals surface area contributed by atoms with Gasteiger partial charge in [-0.1, -0.05) is 62.4 Å². The molecule has 2 aromatic rings. The van der Waals surface area contributed by atoms with Gasteiger partial charge in [-0.25, -0.2) is 4.79 Å². The number of carbonyl (C=O) groups is 3. The average Bonchev–Trinajstić information content (AvgIpc) is 3.09. The Kier molecular flexibility index (Phi) is 7.64. The van der Waals surface area contributed by atoms with Crippen LogP contribution in [-0.4, -0.2) is 41.8 Å². The molecule has 0 spiro atoms. The van der Waals surface area contributed by atoms with Gasteiger partial charge in [-0.15, -0.1) is 0 Å². The molecule has 0 fully saturated rings. The van der Waals surface area contributed by atoms with Crippen molar-refractivity contribution < 1.29 is 24.2 Å². The quantitative estimate of drug-likeness (QED) is 0.503. The molecule has 3 rings (SSSR count). The van der Waals surface area contributed by atoms with Gasteiger partial charge in [0, 0.05) is 18.0 Å². The molecule has 0 aliphatic heterocycles. The molecule has 0 saturated carbocycles. The summed E-state index contributed by atoms with van der Waals surface area (Å²) in [6.45, 7) is 9.15. The van der Waals surface area contributed by atoms with Crippen molar-refractivity contribution in [1.29, 1.82) is 0 Å². The lowest BCUT2D eigenvalue weighted by atomic mass is 9.77.